The van der Waals surface area contributed by atoms with Gasteiger partial charge < -0.3 is 4.74 Å². The minimum Gasteiger partial charge on any atom is -0.471 e. The van der Waals surface area contributed by atoms with Crippen molar-refractivity contribution in [2.75, 3.05) is 6.61 Å². The van der Waals surface area contributed by atoms with Gasteiger partial charge in [0.2, 0.25) is 0 Å². The van der Waals surface area contributed by atoms with Gasteiger partial charge in [-0.25, -0.2) is 9.97 Å². The number of nitrogens with zero attached hydrogens (tertiary/aromatic N) is 2. The molecule has 0 radical (unpaired) electrons. The fourth-order valence-corrected chi connectivity index (χ4v) is 0.788. The van der Waals surface area contributed by atoms with Gasteiger partial charge in [0, 0.05) is 12.4 Å². The predicted molar refractivity (Wildman–Crippen MR) is 47.4 cm³/mol. The second kappa shape index (κ2) is 4.72. The van der Waals surface area contributed by atoms with Crippen LogP contribution in [-0.2, 0) is 0 Å². The van der Waals surface area contributed by atoms with Crippen LogP contribution in [0.3, 0.4) is 0 Å². The van der Waals surface area contributed by atoms with E-state index < -0.39 is 0 Å². The van der Waals surface area contributed by atoms with E-state index in [1.807, 2.05) is 19.1 Å². The third-order valence-electron chi connectivity index (χ3n) is 1.17. The van der Waals surface area contributed by atoms with E-state index in [0.29, 0.717) is 17.6 Å². The van der Waals surface area contributed by atoms with E-state index in [-0.39, 0.29) is 0 Å². The number of rotatable bonds is 3. The van der Waals surface area contributed by atoms with Gasteiger partial charge in [0.05, 0.1) is 0 Å². The van der Waals surface area contributed by atoms with Crippen LogP contribution in [-0.4, -0.2) is 16.6 Å². The SMILES string of the molecule is CC=CCOc1nccnc1Cl. The molecule has 0 fully saturated rings. The summed E-state index contributed by atoms with van der Waals surface area (Å²) in [7, 11) is 0. The van der Waals surface area contributed by atoms with E-state index in [0.717, 1.165) is 0 Å². The van der Waals surface area contributed by atoms with Crippen molar-refractivity contribution in [3.8, 4) is 5.88 Å². The monoisotopic (exact) mass is 184 g/mol. The van der Waals surface area contributed by atoms with Crippen LogP contribution in [0.1, 0.15) is 6.92 Å². The molecule has 0 spiro atoms. The van der Waals surface area contributed by atoms with Crippen molar-refractivity contribution in [2.45, 2.75) is 6.92 Å². The predicted octanol–water partition coefficient (Wildman–Crippen LogP) is 2.08. The van der Waals surface area contributed by atoms with Gasteiger partial charge in [-0.05, 0) is 6.92 Å². The van der Waals surface area contributed by atoms with Crippen LogP contribution in [0.4, 0.5) is 0 Å². The van der Waals surface area contributed by atoms with E-state index in [4.69, 9.17) is 16.3 Å². The first-order valence-corrected chi connectivity index (χ1v) is 3.93. The van der Waals surface area contributed by atoms with Crippen LogP contribution in [0.2, 0.25) is 5.15 Å². The van der Waals surface area contributed by atoms with Crippen molar-refractivity contribution in [1.29, 1.82) is 0 Å². The van der Waals surface area contributed by atoms with E-state index in [1.54, 1.807) is 0 Å². The molecule has 0 aliphatic heterocycles. The number of hydrogen-bond donors (Lipinski definition) is 0. The highest BCUT2D eigenvalue weighted by molar-refractivity contribution is 6.30. The second-order valence-corrected chi connectivity index (χ2v) is 2.39. The third-order valence-corrected chi connectivity index (χ3v) is 1.43. The van der Waals surface area contributed by atoms with Crippen molar-refractivity contribution < 1.29 is 4.74 Å². The first-order chi connectivity index (χ1) is 5.84. The Morgan fingerprint density at radius 3 is 2.92 bits per heavy atom. The zero-order valence-corrected chi connectivity index (χ0v) is 7.45. The van der Waals surface area contributed by atoms with Gasteiger partial charge in [0.1, 0.15) is 6.61 Å². The molecule has 1 heterocycles. The maximum atomic E-state index is 5.68. The molecule has 0 bridgehead atoms. The Labute approximate surface area is 76.1 Å². The fraction of sp³-hybridized carbons (Fsp3) is 0.250. The Kier molecular flexibility index (Phi) is 3.54. The highest BCUT2D eigenvalue weighted by Crippen LogP contribution is 2.16. The van der Waals surface area contributed by atoms with Gasteiger partial charge in [-0.1, -0.05) is 23.8 Å². The molecular formula is C8H9ClN2O. The minimum absolute atomic E-state index is 0.294. The smallest absolute Gasteiger partial charge is 0.252 e. The lowest BCUT2D eigenvalue weighted by atomic mass is 10.5. The molecule has 12 heavy (non-hydrogen) atoms. The number of aromatic nitrogens is 2. The van der Waals surface area contributed by atoms with Crippen LogP contribution in [0.5, 0.6) is 5.88 Å². The van der Waals surface area contributed by atoms with Crippen LogP contribution in [0, 0.1) is 0 Å². The van der Waals surface area contributed by atoms with Crippen LogP contribution in [0.15, 0.2) is 24.5 Å². The molecule has 0 amide bonds. The molecule has 0 saturated carbocycles. The topological polar surface area (TPSA) is 35.0 Å². The van der Waals surface area contributed by atoms with Crippen LogP contribution >= 0.6 is 11.6 Å². The van der Waals surface area contributed by atoms with Gasteiger partial charge in [-0.3, -0.25) is 0 Å². The lowest BCUT2D eigenvalue weighted by Gasteiger charge is -2.01. The van der Waals surface area contributed by atoms with Crippen LogP contribution in [0.25, 0.3) is 0 Å². The highest BCUT2D eigenvalue weighted by atomic mass is 35.5. The average molecular weight is 185 g/mol. The molecule has 64 valence electrons. The zero-order valence-electron chi connectivity index (χ0n) is 6.70. The van der Waals surface area contributed by atoms with Crippen molar-refractivity contribution in [3.05, 3.63) is 29.7 Å². The summed E-state index contributed by atoms with van der Waals surface area (Å²) in [5.74, 6) is 0.372. The lowest BCUT2D eigenvalue weighted by molar-refractivity contribution is 0.347. The molecular weight excluding hydrogens is 176 g/mol. The summed E-state index contributed by atoms with van der Waals surface area (Å²) in [5, 5.41) is 0.294. The summed E-state index contributed by atoms with van der Waals surface area (Å²) in [6, 6.07) is 0. The quantitative estimate of drug-likeness (QED) is 0.675. The van der Waals surface area contributed by atoms with Crippen molar-refractivity contribution in [2.24, 2.45) is 0 Å². The summed E-state index contributed by atoms with van der Waals surface area (Å²) >= 11 is 5.68. The van der Waals surface area contributed by atoms with Gasteiger partial charge >= 0.3 is 0 Å². The van der Waals surface area contributed by atoms with Gasteiger partial charge in [-0.2, -0.15) is 0 Å². The maximum Gasteiger partial charge on any atom is 0.252 e. The number of halogens is 1. The molecule has 0 aromatic carbocycles. The van der Waals surface area contributed by atoms with Gasteiger partial charge in [0.25, 0.3) is 5.88 Å². The molecule has 0 saturated heterocycles. The summed E-state index contributed by atoms with van der Waals surface area (Å²) in [5.41, 5.74) is 0. The molecule has 3 nitrogen and oxygen atoms in total. The number of ether oxygens (including phenoxy) is 1. The Morgan fingerprint density at radius 2 is 2.25 bits per heavy atom. The van der Waals surface area contributed by atoms with Crippen molar-refractivity contribution >= 4 is 11.6 Å². The molecule has 1 rings (SSSR count). The summed E-state index contributed by atoms with van der Waals surface area (Å²) in [6.45, 7) is 2.39. The highest BCUT2D eigenvalue weighted by Gasteiger charge is 2.00. The first-order valence-electron chi connectivity index (χ1n) is 3.55. The fourth-order valence-electron chi connectivity index (χ4n) is 0.628. The molecule has 4 heteroatoms. The normalized spacial score (nSPS) is 10.5. The summed E-state index contributed by atoms with van der Waals surface area (Å²) in [4.78, 5) is 7.71. The molecule has 0 aliphatic rings. The molecule has 0 unspecified atom stereocenters. The Balaban J connectivity index is 2.57. The largest absolute Gasteiger partial charge is 0.471 e. The maximum absolute atomic E-state index is 5.68. The molecule has 0 atom stereocenters. The molecule has 0 N–H and O–H groups in total. The first kappa shape index (κ1) is 9.00. The van der Waals surface area contributed by atoms with Crippen LogP contribution < -0.4 is 4.74 Å². The summed E-state index contributed by atoms with van der Waals surface area (Å²) < 4.78 is 5.18. The Bertz CT molecular complexity index is 276. The van der Waals surface area contributed by atoms with E-state index in [2.05, 4.69) is 9.97 Å². The van der Waals surface area contributed by atoms with E-state index in [9.17, 15) is 0 Å². The standard InChI is InChI=1S/C8H9ClN2O/c1-2-3-6-12-8-7(9)10-4-5-11-8/h2-5H,6H2,1H3. The molecule has 1 aromatic rings. The minimum atomic E-state index is 0.294. The lowest BCUT2D eigenvalue weighted by Crippen LogP contribution is -1.96. The zero-order chi connectivity index (χ0) is 8.81. The van der Waals surface area contributed by atoms with E-state index in [1.165, 1.54) is 12.4 Å². The Morgan fingerprint density at radius 1 is 1.50 bits per heavy atom. The number of hydrogen-bond acceptors (Lipinski definition) is 3. The van der Waals surface area contributed by atoms with Gasteiger partial charge in [0.15, 0.2) is 5.15 Å². The van der Waals surface area contributed by atoms with E-state index >= 15 is 0 Å². The third kappa shape index (κ3) is 2.51. The average Bonchev–Trinajstić information content (AvgIpc) is 2.09. The second-order valence-electron chi connectivity index (χ2n) is 2.03. The van der Waals surface area contributed by atoms with Gasteiger partial charge in [-0.15, -0.1) is 0 Å². The molecule has 1 aromatic heterocycles. The number of allylic oxidation sites excluding steroid dienone is 1. The summed E-state index contributed by atoms with van der Waals surface area (Å²) in [6.07, 6.45) is 6.82. The Hall–Kier alpha value is -1.09. The van der Waals surface area contributed by atoms with Crippen molar-refractivity contribution in [3.63, 3.8) is 0 Å². The van der Waals surface area contributed by atoms with Crippen molar-refractivity contribution in [1.82, 2.24) is 9.97 Å². The molecule has 0 aliphatic carbocycles.